The van der Waals surface area contributed by atoms with Crippen molar-refractivity contribution in [2.45, 2.75) is 72.1 Å². The van der Waals surface area contributed by atoms with Crippen molar-refractivity contribution < 1.29 is 214 Å². The second-order valence-electron chi connectivity index (χ2n) is 7.91. The molecule has 0 saturated heterocycles. The van der Waals surface area contributed by atoms with Crippen molar-refractivity contribution >= 4 is 30.9 Å². The van der Waals surface area contributed by atoms with Crippen molar-refractivity contribution in [2.75, 3.05) is 0 Å². The summed E-state index contributed by atoms with van der Waals surface area (Å²) in [4.78, 5) is 0. The number of rotatable bonds is 16. The van der Waals surface area contributed by atoms with Gasteiger partial charge in [-0.1, -0.05) is 0 Å². The standard InChI is InChI=1S/C7H5F10O7S2.C7H4F10O5S.2Li.Na.H2O/c1-3(9,24-6(14,15)7(16,17)26(20,21)22)5(12,13)23-2(8)4(10,11)25(18)19;1-4(11,5(12,13)21-3(10)2(8)9)22-6(14,15)7(16,17)23(18,19)20;;;;/h2H,1H3,(H,20,21,22);1H3,(H,18,19,20);;;;1H2/q-1;;3*+1;/p-3. The molecule has 0 amide bonds. The van der Waals surface area contributed by atoms with Crippen LogP contribution in [0, 0.1) is 0 Å². The zero-order chi connectivity index (χ0) is 40.6. The van der Waals surface area contributed by atoms with Crippen LogP contribution in [0.5, 0.6) is 0 Å². The van der Waals surface area contributed by atoms with Gasteiger partial charge in [0, 0.05) is 13.8 Å². The molecule has 3 atom stereocenters. The first-order chi connectivity index (χ1) is 20.8. The second-order valence-corrected chi connectivity index (χ2v) is 11.8. The Balaban J connectivity index is -0.000000195. The average molecular weight is 897 g/mol. The van der Waals surface area contributed by atoms with E-state index in [-0.39, 0.29) is 72.8 Å². The number of hydrogen-bond donors (Lipinski definition) is 0. The van der Waals surface area contributed by atoms with E-state index in [9.17, 15) is 122 Å². The van der Waals surface area contributed by atoms with Crippen LogP contribution in [-0.2, 0) is 58.3 Å². The molecule has 1 N–H and O–H groups in total. The summed E-state index contributed by atoms with van der Waals surface area (Å²) in [6, 6.07) is -3.46. The number of alkyl halides is 17. The van der Waals surface area contributed by atoms with Crippen LogP contribution >= 0.6 is 0 Å². The summed E-state index contributed by atoms with van der Waals surface area (Å²) >= 11 is 0. The zero-order valence-corrected chi connectivity index (χ0v) is 29.7. The van der Waals surface area contributed by atoms with Gasteiger partial charge in [0.2, 0.25) is 0 Å². The molecule has 0 spiro atoms. The van der Waals surface area contributed by atoms with Crippen LogP contribution in [0.25, 0.3) is 0 Å². The monoisotopic (exact) mass is 897 g/mol. The molecular weight excluding hydrogens is 889 g/mol. The third kappa shape index (κ3) is 15.3. The van der Waals surface area contributed by atoms with Gasteiger partial charge in [-0.2, -0.15) is 65.9 Å². The number of ether oxygens (including phenoxy) is 4. The van der Waals surface area contributed by atoms with E-state index in [0.717, 1.165) is 0 Å². The van der Waals surface area contributed by atoms with Crippen molar-refractivity contribution in [3.63, 3.8) is 0 Å². The molecule has 0 bridgehead atoms. The molecule has 304 valence electrons. The maximum atomic E-state index is 13.5. The summed E-state index contributed by atoms with van der Waals surface area (Å²) in [6.07, 6.45) is -34.4. The fourth-order valence-electron chi connectivity index (χ4n) is 1.63. The normalized spacial score (nSPS) is 16.4. The zero-order valence-electron chi connectivity index (χ0n) is 25.2. The van der Waals surface area contributed by atoms with Crippen LogP contribution in [-0.4, -0.2) is 89.7 Å². The molecule has 0 aliphatic carbocycles. The SMILES string of the molecule is CC(F)(OC(F)(F)C(F)(F)S(=O)(=O)[O-])C(F)(F)OC(F)=C(F)F.CC(F)(OC(F)(F)C(F)(F)S(=O)(=O)[O-])C(F)(F)OC(F)C(F)(F)[S-](=O)=O.[Li+].[Li+].[Na+].[OH-]. The minimum Gasteiger partial charge on any atom is -0.870 e. The van der Waals surface area contributed by atoms with E-state index in [1.54, 1.807) is 0 Å². The molecule has 0 fully saturated rings. The molecule has 0 aromatic rings. The van der Waals surface area contributed by atoms with Gasteiger partial charge in [0.1, 0.15) is 0 Å². The van der Waals surface area contributed by atoms with Crippen LogP contribution in [0.15, 0.2) is 12.1 Å². The fraction of sp³-hybridized carbons (Fsp3) is 0.857. The maximum Gasteiger partial charge on any atom is 1.00 e. The van der Waals surface area contributed by atoms with Crippen LogP contribution in [0.1, 0.15) is 13.8 Å². The molecule has 0 aromatic heterocycles. The van der Waals surface area contributed by atoms with Gasteiger partial charge >= 0.3 is 126 Å². The largest absolute Gasteiger partial charge is 1.00 e. The van der Waals surface area contributed by atoms with Gasteiger partial charge in [-0.15, -0.1) is 0 Å². The molecule has 0 heterocycles. The van der Waals surface area contributed by atoms with Gasteiger partial charge in [0.05, 0.1) is 0 Å². The first-order valence-corrected chi connectivity index (χ1v) is 13.8. The number of halogens is 20. The summed E-state index contributed by atoms with van der Waals surface area (Å²) in [7, 11) is -19.3. The fourth-order valence-corrected chi connectivity index (χ4v) is 2.50. The predicted octanol–water partition coefficient (Wildman–Crippen LogP) is -3.87. The van der Waals surface area contributed by atoms with E-state index in [1.807, 2.05) is 0 Å². The molecule has 53 heavy (non-hydrogen) atoms. The Morgan fingerprint density at radius 1 is 0.604 bits per heavy atom. The van der Waals surface area contributed by atoms with Crippen molar-refractivity contribution in [3.8, 4) is 0 Å². The third-order valence-corrected chi connectivity index (χ3v) is 6.45. The van der Waals surface area contributed by atoms with Crippen molar-refractivity contribution in [1.29, 1.82) is 0 Å². The summed E-state index contributed by atoms with van der Waals surface area (Å²) in [6.45, 7) is -1.73. The molecule has 0 rings (SSSR count). The second kappa shape index (κ2) is 20.1. The van der Waals surface area contributed by atoms with Crippen LogP contribution in [0.4, 0.5) is 87.8 Å². The Kier molecular flexibility index (Phi) is 24.6. The van der Waals surface area contributed by atoms with E-state index in [4.69, 9.17) is 0 Å². The predicted molar refractivity (Wildman–Crippen MR) is 103 cm³/mol. The minimum absolute atomic E-state index is 0. The molecule has 0 aliphatic rings. The molecule has 0 aromatic carbocycles. The smallest absolute Gasteiger partial charge is 0.870 e. The molecular formula is C14H8F20Li2NaO13S3-. The van der Waals surface area contributed by atoms with E-state index < -0.39 is 115 Å². The Labute approximate surface area is 327 Å². The van der Waals surface area contributed by atoms with Gasteiger partial charge in [-0.05, 0) is 10.7 Å². The van der Waals surface area contributed by atoms with Crippen molar-refractivity contribution in [2.24, 2.45) is 0 Å². The van der Waals surface area contributed by atoms with Crippen LogP contribution < -0.4 is 67.3 Å². The van der Waals surface area contributed by atoms with Gasteiger partial charge in [0.25, 0.3) is 11.6 Å². The van der Waals surface area contributed by atoms with Gasteiger partial charge in [-0.25, -0.2) is 38.8 Å². The topological polar surface area (TPSA) is 215 Å². The summed E-state index contributed by atoms with van der Waals surface area (Å²) in [5, 5.41) is -19.3. The summed E-state index contributed by atoms with van der Waals surface area (Å²) < 4.78 is 342. The van der Waals surface area contributed by atoms with E-state index in [1.165, 1.54) is 0 Å². The van der Waals surface area contributed by atoms with E-state index in [2.05, 4.69) is 18.9 Å². The van der Waals surface area contributed by atoms with Gasteiger partial charge < -0.3 is 27.7 Å². The molecule has 0 aliphatic heterocycles. The minimum atomic E-state index is -7.32. The molecule has 0 saturated carbocycles. The van der Waals surface area contributed by atoms with Gasteiger partial charge in [0.15, 0.2) is 20.2 Å². The van der Waals surface area contributed by atoms with Crippen molar-refractivity contribution in [3.05, 3.63) is 12.1 Å². The quantitative estimate of drug-likeness (QED) is 0.0478. The third-order valence-electron chi connectivity index (χ3n) is 4.09. The van der Waals surface area contributed by atoms with Crippen molar-refractivity contribution in [1.82, 2.24) is 0 Å². The van der Waals surface area contributed by atoms with E-state index in [0.29, 0.717) is 0 Å². The Morgan fingerprint density at radius 3 is 1.09 bits per heavy atom. The maximum absolute atomic E-state index is 13.5. The van der Waals surface area contributed by atoms with E-state index >= 15 is 0 Å². The molecule has 3 unspecified atom stereocenters. The summed E-state index contributed by atoms with van der Waals surface area (Å²) in [5.41, 5.74) is 0. The Morgan fingerprint density at radius 2 is 0.868 bits per heavy atom. The Bertz CT molecular complexity index is 1520. The van der Waals surface area contributed by atoms with Crippen LogP contribution in [0.2, 0.25) is 0 Å². The first-order valence-electron chi connectivity index (χ1n) is 9.96. The first kappa shape index (κ1) is 64.8. The summed E-state index contributed by atoms with van der Waals surface area (Å²) in [5.74, 6) is -11.1. The average Bonchev–Trinajstić information content (AvgIpc) is 2.80. The molecule has 0 radical (unpaired) electrons. The van der Waals surface area contributed by atoms with Gasteiger partial charge in [-0.3, -0.25) is 14.2 Å². The molecule has 13 nitrogen and oxygen atoms in total. The Hall–Kier alpha value is -0.0552. The number of hydrogen-bond acceptors (Lipinski definition) is 14. The molecule has 39 heteroatoms. The van der Waals surface area contributed by atoms with Crippen LogP contribution in [0.3, 0.4) is 0 Å².